The molecule has 0 saturated carbocycles. The van der Waals surface area contributed by atoms with Crippen LogP contribution in [0.4, 0.5) is 0 Å². The van der Waals surface area contributed by atoms with Gasteiger partial charge in [-0.1, -0.05) is 30.3 Å². The highest BCUT2D eigenvalue weighted by Gasteiger charge is 2.28. The van der Waals surface area contributed by atoms with Crippen molar-refractivity contribution >= 4 is 5.97 Å². The molecule has 0 heterocycles. The highest BCUT2D eigenvalue weighted by Crippen LogP contribution is 2.14. The van der Waals surface area contributed by atoms with E-state index in [2.05, 4.69) is 0 Å². The summed E-state index contributed by atoms with van der Waals surface area (Å²) in [5, 5.41) is 18.2. The minimum atomic E-state index is -1.60. The van der Waals surface area contributed by atoms with Crippen molar-refractivity contribution in [2.24, 2.45) is 0 Å². The minimum Gasteiger partial charge on any atom is -0.479 e. The largest absolute Gasteiger partial charge is 0.479 e. The summed E-state index contributed by atoms with van der Waals surface area (Å²) >= 11 is 0. The Balaban J connectivity index is 2.37. The van der Waals surface area contributed by atoms with Crippen LogP contribution in [0.2, 0.25) is 0 Å². The zero-order valence-corrected chi connectivity index (χ0v) is 8.81. The Morgan fingerprint density at radius 3 is 2.47 bits per heavy atom. The molecule has 15 heavy (non-hydrogen) atoms. The van der Waals surface area contributed by atoms with Crippen LogP contribution in [0.25, 0.3) is 0 Å². The van der Waals surface area contributed by atoms with Crippen molar-refractivity contribution in [1.29, 1.82) is 0 Å². The van der Waals surface area contributed by atoms with E-state index in [0.29, 0.717) is 6.42 Å². The number of aryl methyl sites for hydroxylation is 1. The van der Waals surface area contributed by atoms with Crippen molar-refractivity contribution in [2.45, 2.75) is 31.8 Å². The molecule has 2 N–H and O–H groups in total. The predicted molar refractivity (Wildman–Crippen MR) is 57.6 cm³/mol. The fourth-order valence-corrected chi connectivity index (χ4v) is 1.39. The Morgan fingerprint density at radius 1 is 1.33 bits per heavy atom. The monoisotopic (exact) mass is 208 g/mol. The van der Waals surface area contributed by atoms with Crippen molar-refractivity contribution in [3.63, 3.8) is 0 Å². The molecule has 0 bridgehead atoms. The van der Waals surface area contributed by atoms with Crippen LogP contribution in [0.3, 0.4) is 0 Å². The third-order valence-corrected chi connectivity index (χ3v) is 2.43. The maximum absolute atomic E-state index is 10.6. The van der Waals surface area contributed by atoms with Crippen molar-refractivity contribution in [2.75, 3.05) is 0 Å². The number of hydrogen-bond acceptors (Lipinski definition) is 2. The third kappa shape index (κ3) is 3.72. The van der Waals surface area contributed by atoms with Gasteiger partial charge in [-0.05, 0) is 31.7 Å². The van der Waals surface area contributed by atoms with Gasteiger partial charge in [0.05, 0.1) is 0 Å². The summed E-state index contributed by atoms with van der Waals surface area (Å²) < 4.78 is 0. The Morgan fingerprint density at radius 2 is 1.93 bits per heavy atom. The standard InChI is InChI=1S/C12H16O3/c1-12(15,11(13)14)9-5-8-10-6-3-2-4-7-10/h2-4,6-7,15H,5,8-9H2,1H3,(H,13,14). The molecule has 1 atom stereocenters. The summed E-state index contributed by atoms with van der Waals surface area (Å²) in [5.74, 6) is -1.16. The van der Waals surface area contributed by atoms with Gasteiger partial charge >= 0.3 is 5.97 Å². The van der Waals surface area contributed by atoms with Gasteiger partial charge in [0.25, 0.3) is 0 Å². The van der Waals surface area contributed by atoms with Crippen LogP contribution in [-0.4, -0.2) is 21.8 Å². The molecule has 3 heteroatoms. The highest BCUT2D eigenvalue weighted by molar-refractivity contribution is 5.76. The predicted octanol–water partition coefficient (Wildman–Crippen LogP) is 1.84. The molecule has 1 aromatic rings. The molecule has 0 aliphatic rings. The van der Waals surface area contributed by atoms with E-state index in [-0.39, 0.29) is 6.42 Å². The molecule has 82 valence electrons. The van der Waals surface area contributed by atoms with Crippen LogP contribution in [0, 0.1) is 0 Å². The van der Waals surface area contributed by atoms with E-state index in [9.17, 15) is 9.90 Å². The molecule has 0 radical (unpaired) electrons. The van der Waals surface area contributed by atoms with Gasteiger partial charge < -0.3 is 10.2 Å². The molecule has 1 rings (SSSR count). The van der Waals surface area contributed by atoms with Gasteiger partial charge in [0.1, 0.15) is 0 Å². The molecule has 0 aromatic heterocycles. The molecule has 0 aliphatic carbocycles. The molecule has 1 unspecified atom stereocenters. The van der Waals surface area contributed by atoms with E-state index in [1.165, 1.54) is 12.5 Å². The lowest BCUT2D eigenvalue weighted by Crippen LogP contribution is -2.34. The van der Waals surface area contributed by atoms with E-state index >= 15 is 0 Å². The highest BCUT2D eigenvalue weighted by atomic mass is 16.4. The SMILES string of the molecule is CC(O)(CCCc1ccccc1)C(=O)O. The maximum atomic E-state index is 10.6. The molecule has 0 amide bonds. The van der Waals surface area contributed by atoms with E-state index in [0.717, 1.165) is 6.42 Å². The molecule has 0 saturated heterocycles. The zero-order valence-electron chi connectivity index (χ0n) is 8.81. The van der Waals surface area contributed by atoms with Crippen LogP contribution >= 0.6 is 0 Å². The zero-order chi connectivity index (χ0) is 11.3. The van der Waals surface area contributed by atoms with Crippen molar-refractivity contribution in [3.05, 3.63) is 35.9 Å². The van der Waals surface area contributed by atoms with Crippen molar-refractivity contribution in [1.82, 2.24) is 0 Å². The van der Waals surface area contributed by atoms with Crippen LogP contribution < -0.4 is 0 Å². The van der Waals surface area contributed by atoms with Crippen LogP contribution in [0.1, 0.15) is 25.3 Å². The second-order valence-electron chi connectivity index (χ2n) is 3.92. The lowest BCUT2D eigenvalue weighted by molar-refractivity contribution is -0.157. The van der Waals surface area contributed by atoms with Crippen molar-refractivity contribution < 1.29 is 15.0 Å². The van der Waals surface area contributed by atoms with Crippen LogP contribution in [0.5, 0.6) is 0 Å². The Labute approximate surface area is 89.4 Å². The van der Waals surface area contributed by atoms with Crippen LogP contribution in [0.15, 0.2) is 30.3 Å². The number of hydrogen-bond donors (Lipinski definition) is 2. The van der Waals surface area contributed by atoms with Gasteiger partial charge in [0.2, 0.25) is 0 Å². The first kappa shape index (κ1) is 11.7. The first-order valence-electron chi connectivity index (χ1n) is 5.02. The van der Waals surface area contributed by atoms with E-state index in [4.69, 9.17) is 5.11 Å². The average molecular weight is 208 g/mol. The number of aliphatic carboxylic acids is 1. The normalized spacial score (nSPS) is 14.5. The summed E-state index contributed by atoms with van der Waals surface area (Å²) in [6.45, 7) is 1.33. The smallest absolute Gasteiger partial charge is 0.335 e. The first-order chi connectivity index (χ1) is 7.02. The molecular formula is C12H16O3. The number of aliphatic hydroxyl groups is 1. The van der Waals surface area contributed by atoms with Gasteiger partial charge in [-0.3, -0.25) is 0 Å². The first-order valence-corrected chi connectivity index (χ1v) is 5.02. The molecule has 0 fully saturated rings. The van der Waals surface area contributed by atoms with Gasteiger partial charge in [0, 0.05) is 0 Å². The molecule has 1 aromatic carbocycles. The lowest BCUT2D eigenvalue weighted by atomic mass is 9.97. The van der Waals surface area contributed by atoms with Crippen LogP contribution in [-0.2, 0) is 11.2 Å². The number of benzene rings is 1. The summed E-state index contributed by atoms with van der Waals surface area (Å²) in [5.41, 5.74) is -0.437. The van der Waals surface area contributed by atoms with E-state index < -0.39 is 11.6 Å². The average Bonchev–Trinajstić information content (AvgIpc) is 2.19. The van der Waals surface area contributed by atoms with E-state index in [1.54, 1.807) is 0 Å². The Hall–Kier alpha value is -1.35. The Bertz CT molecular complexity index is 317. The van der Waals surface area contributed by atoms with Gasteiger partial charge in [-0.2, -0.15) is 0 Å². The molecule has 0 aliphatic heterocycles. The molecule has 3 nitrogen and oxygen atoms in total. The summed E-state index contributed by atoms with van der Waals surface area (Å²) in [7, 11) is 0. The fraction of sp³-hybridized carbons (Fsp3) is 0.417. The third-order valence-electron chi connectivity index (χ3n) is 2.43. The molecular weight excluding hydrogens is 192 g/mol. The number of carboxylic acids is 1. The summed E-state index contributed by atoms with van der Waals surface area (Å²) in [4.78, 5) is 10.6. The summed E-state index contributed by atoms with van der Waals surface area (Å²) in [6, 6.07) is 9.83. The second kappa shape index (κ2) is 4.94. The number of rotatable bonds is 5. The Kier molecular flexibility index (Phi) is 3.86. The van der Waals surface area contributed by atoms with Crippen molar-refractivity contribution in [3.8, 4) is 0 Å². The maximum Gasteiger partial charge on any atom is 0.335 e. The quantitative estimate of drug-likeness (QED) is 0.776. The minimum absolute atomic E-state index is 0.275. The topological polar surface area (TPSA) is 57.5 Å². The lowest BCUT2D eigenvalue weighted by Gasteiger charge is -2.17. The van der Waals surface area contributed by atoms with E-state index in [1.807, 2.05) is 30.3 Å². The van der Waals surface area contributed by atoms with Gasteiger partial charge in [-0.15, -0.1) is 0 Å². The van der Waals surface area contributed by atoms with Gasteiger partial charge in [-0.25, -0.2) is 4.79 Å². The summed E-state index contributed by atoms with van der Waals surface area (Å²) in [6.07, 6.45) is 1.74. The second-order valence-corrected chi connectivity index (χ2v) is 3.92. The number of carbonyl (C=O) groups is 1. The van der Waals surface area contributed by atoms with Gasteiger partial charge in [0.15, 0.2) is 5.60 Å². The number of carboxylic acid groups (broad SMARTS) is 1. The fourth-order valence-electron chi connectivity index (χ4n) is 1.39. The molecule has 0 spiro atoms.